The minimum atomic E-state index is -0.725. The molecule has 0 aliphatic carbocycles. The van der Waals surface area contributed by atoms with Gasteiger partial charge in [-0.1, -0.05) is 18.2 Å². The van der Waals surface area contributed by atoms with Gasteiger partial charge in [-0.3, -0.25) is 19.3 Å². The average Bonchev–Trinajstić information content (AvgIpc) is 3.15. The lowest BCUT2D eigenvalue weighted by Crippen LogP contribution is -2.62. The van der Waals surface area contributed by atoms with E-state index in [-0.39, 0.29) is 36.7 Å². The molecular weight excluding hydrogens is 418 g/mol. The molecule has 0 saturated carbocycles. The number of anilines is 2. The molecule has 8 heteroatoms. The second kappa shape index (κ2) is 8.50. The minimum absolute atomic E-state index is 0.0200. The van der Waals surface area contributed by atoms with Crippen molar-refractivity contribution in [1.82, 2.24) is 15.2 Å². The molecule has 1 atom stereocenters. The van der Waals surface area contributed by atoms with Crippen LogP contribution in [0.15, 0.2) is 48.7 Å². The number of aromatic nitrogens is 1. The summed E-state index contributed by atoms with van der Waals surface area (Å²) in [7, 11) is 0. The van der Waals surface area contributed by atoms with Crippen molar-refractivity contribution in [3.05, 3.63) is 54.2 Å². The van der Waals surface area contributed by atoms with E-state index in [1.54, 1.807) is 22.1 Å². The normalized spacial score (nSPS) is 22.9. The Hall–Kier alpha value is -3.42. The molecule has 1 aromatic heterocycles. The van der Waals surface area contributed by atoms with Crippen LogP contribution in [0.2, 0.25) is 0 Å². The summed E-state index contributed by atoms with van der Waals surface area (Å²) in [6.07, 6.45) is 4.70. The van der Waals surface area contributed by atoms with Crippen LogP contribution in [0.1, 0.15) is 49.4 Å². The second-order valence-electron chi connectivity index (χ2n) is 9.19. The van der Waals surface area contributed by atoms with E-state index in [4.69, 9.17) is 0 Å². The Morgan fingerprint density at radius 1 is 1.12 bits per heavy atom. The van der Waals surface area contributed by atoms with Crippen LogP contribution in [0, 0.1) is 0 Å². The van der Waals surface area contributed by atoms with Gasteiger partial charge in [-0.25, -0.2) is 4.98 Å². The van der Waals surface area contributed by atoms with Gasteiger partial charge in [-0.2, -0.15) is 0 Å². The molecule has 0 spiro atoms. The van der Waals surface area contributed by atoms with Crippen LogP contribution >= 0.6 is 0 Å². The number of rotatable bonds is 5. The highest BCUT2D eigenvalue weighted by molar-refractivity contribution is 6.10. The zero-order chi connectivity index (χ0) is 23.0. The number of carbonyl (C=O) groups is 3. The van der Waals surface area contributed by atoms with Crippen LogP contribution in [-0.4, -0.2) is 58.9 Å². The van der Waals surface area contributed by atoms with E-state index in [1.165, 1.54) is 0 Å². The summed E-state index contributed by atoms with van der Waals surface area (Å²) in [4.78, 5) is 48.8. The summed E-state index contributed by atoms with van der Waals surface area (Å²) in [5, 5.41) is 3.14. The predicted octanol–water partition coefficient (Wildman–Crippen LogP) is 2.56. The van der Waals surface area contributed by atoms with Crippen molar-refractivity contribution in [3.8, 4) is 0 Å². The highest BCUT2D eigenvalue weighted by atomic mass is 16.2. The van der Waals surface area contributed by atoms with E-state index < -0.39 is 5.66 Å². The molecule has 2 saturated heterocycles. The molecule has 1 aromatic carbocycles. The third kappa shape index (κ3) is 3.83. The molecule has 172 valence electrons. The summed E-state index contributed by atoms with van der Waals surface area (Å²) in [5.41, 5.74) is 0.469. The highest BCUT2D eigenvalue weighted by Gasteiger charge is 2.52. The van der Waals surface area contributed by atoms with Crippen LogP contribution in [0.5, 0.6) is 0 Å². The van der Waals surface area contributed by atoms with E-state index >= 15 is 0 Å². The lowest BCUT2D eigenvalue weighted by atomic mass is 9.98. The van der Waals surface area contributed by atoms with Crippen LogP contribution in [0.3, 0.4) is 0 Å². The summed E-state index contributed by atoms with van der Waals surface area (Å²) < 4.78 is 0. The van der Waals surface area contributed by atoms with E-state index in [0.29, 0.717) is 24.1 Å². The number of nitrogens with one attached hydrogen (secondary N) is 1. The lowest BCUT2D eigenvalue weighted by molar-refractivity contribution is -0.122. The number of hydrogen-bond acceptors (Lipinski definition) is 5. The Labute approximate surface area is 193 Å². The van der Waals surface area contributed by atoms with Crippen molar-refractivity contribution in [2.75, 3.05) is 29.4 Å². The molecule has 8 nitrogen and oxygen atoms in total. The molecule has 33 heavy (non-hydrogen) atoms. The Morgan fingerprint density at radius 2 is 1.88 bits per heavy atom. The maximum Gasteiger partial charge on any atom is 0.257 e. The molecule has 0 radical (unpaired) electrons. The third-order valence-corrected chi connectivity index (χ3v) is 7.14. The summed E-state index contributed by atoms with van der Waals surface area (Å²) in [5.74, 6) is 0.814. The minimum Gasteiger partial charge on any atom is -0.356 e. The molecule has 2 aromatic rings. The number of benzene rings is 1. The molecular formula is C25H29N5O3. The number of para-hydroxylation sites is 1. The van der Waals surface area contributed by atoms with Gasteiger partial charge in [0.15, 0.2) is 0 Å². The number of nitrogens with zero attached hydrogens (tertiary/aromatic N) is 4. The van der Waals surface area contributed by atoms with Gasteiger partial charge < -0.3 is 15.1 Å². The molecule has 4 heterocycles. The number of pyridine rings is 1. The zero-order valence-corrected chi connectivity index (χ0v) is 18.9. The van der Waals surface area contributed by atoms with Gasteiger partial charge in [-0.05, 0) is 50.5 Å². The molecule has 2 fully saturated rings. The number of hydrogen-bond donors (Lipinski definition) is 1. The number of amides is 3. The second-order valence-corrected chi connectivity index (χ2v) is 9.19. The number of fused-ring (bicyclic) bond motifs is 3. The van der Waals surface area contributed by atoms with Gasteiger partial charge in [0.25, 0.3) is 5.91 Å². The van der Waals surface area contributed by atoms with Crippen molar-refractivity contribution in [3.63, 3.8) is 0 Å². The standard InChI is InChI=1S/C25H29N5O3/c1-25-13-9-23(32)30(25)20-7-3-2-6-19(20)24(33)29(25)17-12-22(31)27-18-10-15-28(16-11-18)21-8-4-5-14-26-21/h2-8,14,18H,9-13,15-17H2,1H3,(H,27,31). The maximum atomic E-state index is 13.3. The van der Waals surface area contributed by atoms with Gasteiger partial charge >= 0.3 is 0 Å². The first-order valence-corrected chi connectivity index (χ1v) is 11.7. The smallest absolute Gasteiger partial charge is 0.257 e. The van der Waals surface area contributed by atoms with E-state index in [1.807, 2.05) is 43.3 Å². The first-order chi connectivity index (χ1) is 16.0. The molecule has 3 amide bonds. The largest absolute Gasteiger partial charge is 0.356 e. The Morgan fingerprint density at radius 3 is 2.64 bits per heavy atom. The fraction of sp³-hybridized carbons (Fsp3) is 0.440. The number of piperidine rings is 1. The maximum absolute atomic E-state index is 13.3. The summed E-state index contributed by atoms with van der Waals surface area (Å²) in [6, 6.07) is 13.3. The van der Waals surface area contributed by atoms with Crippen molar-refractivity contribution in [2.45, 2.75) is 50.7 Å². The molecule has 1 unspecified atom stereocenters. The van der Waals surface area contributed by atoms with Gasteiger partial charge in [-0.15, -0.1) is 0 Å². The van der Waals surface area contributed by atoms with Crippen molar-refractivity contribution in [2.24, 2.45) is 0 Å². The fourth-order valence-electron chi connectivity index (χ4n) is 5.35. The average molecular weight is 448 g/mol. The van der Waals surface area contributed by atoms with E-state index in [0.717, 1.165) is 31.7 Å². The van der Waals surface area contributed by atoms with Crippen molar-refractivity contribution < 1.29 is 14.4 Å². The monoisotopic (exact) mass is 447 g/mol. The molecule has 1 N–H and O–H groups in total. The van der Waals surface area contributed by atoms with Crippen LogP contribution in [0.25, 0.3) is 0 Å². The summed E-state index contributed by atoms with van der Waals surface area (Å²) >= 11 is 0. The van der Waals surface area contributed by atoms with E-state index in [2.05, 4.69) is 15.2 Å². The Kier molecular flexibility index (Phi) is 5.52. The van der Waals surface area contributed by atoms with Crippen LogP contribution in [0.4, 0.5) is 11.5 Å². The topological polar surface area (TPSA) is 85.8 Å². The highest BCUT2D eigenvalue weighted by Crippen LogP contribution is 2.43. The Bertz CT molecular complexity index is 1070. The van der Waals surface area contributed by atoms with Gasteiger partial charge in [0.1, 0.15) is 11.5 Å². The first kappa shape index (κ1) is 21.4. The number of carbonyl (C=O) groups excluding carboxylic acids is 3. The lowest BCUT2D eigenvalue weighted by Gasteiger charge is -2.48. The predicted molar refractivity (Wildman–Crippen MR) is 125 cm³/mol. The van der Waals surface area contributed by atoms with Crippen LogP contribution in [-0.2, 0) is 9.59 Å². The van der Waals surface area contributed by atoms with Gasteiger partial charge in [0.2, 0.25) is 11.8 Å². The molecule has 3 aliphatic rings. The summed E-state index contributed by atoms with van der Waals surface area (Å²) in [6.45, 7) is 3.90. The SMILES string of the molecule is CC12CCC(=O)N1c1ccccc1C(=O)N2CCC(=O)NC1CCN(c2ccccn2)CC1. The van der Waals surface area contributed by atoms with Gasteiger partial charge in [0.05, 0.1) is 11.3 Å². The quantitative estimate of drug-likeness (QED) is 0.761. The van der Waals surface area contributed by atoms with Crippen molar-refractivity contribution in [1.29, 1.82) is 0 Å². The first-order valence-electron chi connectivity index (χ1n) is 11.7. The van der Waals surface area contributed by atoms with Crippen LogP contribution < -0.4 is 15.1 Å². The molecule has 5 rings (SSSR count). The molecule has 3 aliphatic heterocycles. The molecule has 0 bridgehead atoms. The third-order valence-electron chi connectivity index (χ3n) is 7.14. The van der Waals surface area contributed by atoms with E-state index in [9.17, 15) is 14.4 Å². The Balaban J connectivity index is 1.20. The van der Waals surface area contributed by atoms with Gasteiger partial charge in [0, 0.05) is 44.7 Å². The zero-order valence-electron chi connectivity index (χ0n) is 18.9. The fourth-order valence-corrected chi connectivity index (χ4v) is 5.35. The van der Waals surface area contributed by atoms with Crippen molar-refractivity contribution >= 4 is 29.2 Å².